The second-order valence-corrected chi connectivity index (χ2v) is 4.57. The first-order chi connectivity index (χ1) is 6.77. The number of piperidine rings is 1. The highest BCUT2D eigenvalue weighted by Gasteiger charge is 2.36. The predicted molar refractivity (Wildman–Crippen MR) is 57.3 cm³/mol. The van der Waals surface area contributed by atoms with Gasteiger partial charge in [0.2, 0.25) is 0 Å². The molecule has 4 heteroatoms. The Morgan fingerprint density at radius 1 is 1.43 bits per heavy atom. The van der Waals surface area contributed by atoms with Gasteiger partial charge in [-0.3, -0.25) is 0 Å². The molecule has 2 rings (SSSR count). The normalized spacial score (nSPS) is 21.0. The van der Waals surface area contributed by atoms with Gasteiger partial charge in [-0.1, -0.05) is 0 Å². The Morgan fingerprint density at radius 3 is 2.64 bits per heavy atom. The molecule has 0 atom stereocenters. The summed E-state index contributed by atoms with van der Waals surface area (Å²) in [6.07, 6.45) is 1.87. The lowest BCUT2D eigenvalue weighted by Gasteiger charge is -2.33. The molecule has 0 bridgehead atoms. The Balaban J connectivity index is 2.26. The van der Waals surface area contributed by atoms with Gasteiger partial charge in [-0.15, -0.1) is 0 Å². The summed E-state index contributed by atoms with van der Waals surface area (Å²) in [7, 11) is 0. The van der Waals surface area contributed by atoms with Gasteiger partial charge in [-0.2, -0.15) is 0 Å². The summed E-state index contributed by atoms with van der Waals surface area (Å²) in [5.41, 5.74) is -0.169. The first-order valence-electron chi connectivity index (χ1n) is 4.84. The molecule has 0 spiro atoms. The van der Waals surface area contributed by atoms with Crippen molar-refractivity contribution in [1.82, 2.24) is 5.32 Å². The maximum Gasteiger partial charge on any atom is 0.169 e. The molecule has 0 aliphatic carbocycles. The number of hydrogen-bond donors (Lipinski definition) is 2. The van der Waals surface area contributed by atoms with Crippen molar-refractivity contribution in [1.29, 1.82) is 0 Å². The minimum absolute atomic E-state index is 0.161. The van der Waals surface area contributed by atoms with E-state index in [0.29, 0.717) is 0 Å². The first-order valence-corrected chi connectivity index (χ1v) is 5.63. The van der Waals surface area contributed by atoms with Crippen LogP contribution >= 0.6 is 15.9 Å². The van der Waals surface area contributed by atoms with Crippen LogP contribution in [0.1, 0.15) is 18.6 Å². The summed E-state index contributed by atoms with van der Waals surface area (Å²) in [4.78, 5) is 0. The van der Waals surface area contributed by atoms with E-state index in [1.807, 2.05) is 12.1 Å². The topological polar surface area (TPSA) is 45.4 Å². The van der Waals surface area contributed by atoms with Gasteiger partial charge in [-0.25, -0.2) is 0 Å². The van der Waals surface area contributed by atoms with E-state index >= 15 is 0 Å². The summed E-state index contributed by atoms with van der Waals surface area (Å²) >= 11 is 3.29. The molecule has 0 unspecified atom stereocenters. The number of furan rings is 1. The van der Waals surface area contributed by atoms with Crippen LogP contribution in [0.2, 0.25) is 0 Å². The smallest absolute Gasteiger partial charge is 0.169 e. The van der Waals surface area contributed by atoms with Crippen LogP contribution in [0.5, 0.6) is 0 Å². The van der Waals surface area contributed by atoms with Gasteiger partial charge in [0.15, 0.2) is 4.67 Å². The Kier molecular flexibility index (Phi) is 2.95. The van der Waals surface area contributed by atoms with E-state index in [0.717, 1.165) is 36.4 Å². The van der Waals surface area contributed by atoms with Crippen molar-refractivity contribution >= 4 is 15.9 Å². The second-order valence-electron chi connectivity index (χ2n) is 3.79. The summed E-state index contributed by atoms with van der Waals surface area (Å²) in [6.45, 7) is 2.05. The number of nitrogens with one attached hydrogen (secondary N) is 1. The lowest BCUT2D eigenvalue weighted by molar-refractivity contribution is 0.136. The van der Waals surface area contributed by atoms with E-state index in [9.17, 15) is 5.11 Å². The summed E-state index contributed by atoms with van der Waals surface area (Å²) in [5.74, 6) is 0.897. The van der Waals surface area contributed by atoms with Crippen molar-refractivity contribution in [3.05, 3.63) is 22.6 Å². The molecule has 1 aromatic rings. The highest BCUT2D eigenvalue weighted by atomic mass is 79.9. The highest BCUT2D eigenvalue weighted by molar-refractivity contribution is 9.10. The lowest BCUT2D eigenvalue weighted by atomic mass is 9.77. The fraction of sp³-hybridized carbons (Fsp3) is 0.600. The van der Waals surface area contributed by atoms with E-state index in [2.05, 4.69) is 21.2 Å². The maximum atomic E-state index is 9.50. The van der Waals surface area contributed by atoms with E-state index < -0.39 is 0 Å². The monoisotopic (exact) mass is 259 g/mol. The Labute approximate surface area is 91.6 Å². The van der Waals surface area contributed by atoms with Crippen LogP contribution in [0.4, 0.5) is 0 Å². The summed E-state index contributed by atoms with van der Waals surface area (Å²) in [6, 6.07) is 3.83. The molecular formula is C10H14BrNO2. The zero-order valence-corrected chi connectivity index (χ0v) is 9.51. The number of rotatable bonds is 2. The molecule has 1 aliphatic rings. The molecule has 1 fully saturated rings. The number of aliphatic hydroxyl groups is 1. The van der Waals surface area contributed by atoms with Crippen molar-refractivity contribution < 1.29 is 9.52 Å². The molecule has 3 nitrogen and oxygen atoms in total. The molecule has 2 heterocycles. The molecule has 0 saturated carbocycles. The van der Waals surface area contributed by atoms with Crippen molar-refractivity contribution in [3.8, 4) is 0 Å². The average Bonchev–Trinajstić information content (AvgIpc) is 2.66. The van der Waals surface area contributed by atoms with Crippen molar-refractivity contribution in [2.45, 2.75) is 18.3 Å². The van der Waals surface area contributed by atoms with E-state index in [1.54, 1.807) is 0 Å². The van der Waals surface area contributed by atoms with Gasteiger partial charge < -0.3 is 14.8 Å². The van der Waals surface area contributed by atoms with Crippen molar-refractivity contribution in [2.75, 3.05) is 19.7 Å². The molecule has 1 aromatic heterocycles. The molecule has 78 valence electrons. The third-order valence-electron chi connectivity index (χ3n) is 2.96. The lowest BCUT2D eigenvalue weighted by Crippen LogP contribution is -2.42. The minimum atomic E-state index is -0.169. The molecule has 0 aromatic carbocycles. The van der Waals surface area contributed by atoms with Gasteiger partial charge in [-0.05, 0) is 54.0 Å². The molecule has 2 N–H and O–H groups in total. The number of aliphatic hydroxyl groups excluding tert-OH is 1. The number of hydrogen-bond acceptors (Lipinski definition) is 3. The van der Waals surface area contributed by atoms with Gasteiger partial charge in [0.1, 0.15) is 5.76 Å². The maximum absolute atomic E-state index is 9.50. The van der Waals surface area contributed by atoms with E-state index in [1.165, 1.54) is 0 Å². The Morgan fingerprint density at radius 2 is 2.14 bits per heavy atom. The van der Waals surface area contributed by atoms with E-state index in [4.69, 9.17) is 4.42 Å². The standard InChI is InChI=1S/C10H14BrNO2/c11-9-2-1-8(14-9)10(7-13)3-5-12-6-4-10/h1-2,12-13H,3-7H2. The predicted octanol–water partition coefficient (Wildman–Crippen LogP) is 1.66. The Bertz CT molecular complexity index is 305. The van der Waals surface area contributed by atoms with Crippen molar-refractivity contribution in [2.24, 2.45) is 0 Å². The van der Waals surface area contributed by atoms with Gasteiger partial charge in [0.05, 0.1) is 12.0 Å². The summed E-state index contributed by atoms with van der Waals surface area (Å²) < 4.78 is 6.28. The second kappa shape index (κ2) is 4.04. The molecule has 1 aliphatic heterocycles. The summed E-state index contributed by atoms with van der Waals surface area (Å²) in [5, 5.41) is 12.8. The van der Waals surface area contributed by atoms with Gasteiger partial charge in [0, 0.05) is 0 Å². The third kappa shape index (κ3) is 1.74. The van der Waals surface area contributed by atoms with Crippen LogP contribution in [0.15, 0.2) is 21.2 Å². The zero-order chi connectivity index (χ0) is 10.0. The van der Waals surface area contributed by atoms with Crippen LogP contribution in [-0.2, 0) is 5.41 Å². The van der Waals surface area contributed by atoms with Crippen LogP contribution < -0.4 is 5.32 Å². The van der Waals surface area contributed by atoms with Gasteiger partial charge in [0.25, 0.3) is 0 Å². The van der Waals surface area contributed by atoms with Crippen LogP contribution in [-0.4, -0.2) is 24.8 Å². The number of halogens is 1. The molecule has 0 radical (unpaired) electrons. The third-order valence-corrected chi connectivity index (χ3v) is 3.39. The Hall–Kier alpha value is -0.320. The van der Waals surface area contributed by atoms with Crippen LogP contribution in [0.25, 0.3) is 0 Å². The van der Waals surface area contributed by atoms with E-state index in [-0.39, 0.29) is 12.0 Å². The molecule has 0 amide bonds. The van der Waals surface area contributed by atoms with Crippen LogP contribution in [0, 0.1) is 0 Å². The van der Waals surface area contributed by atoms with Crippen molar-refractivity contribution in [3.63, 3.8) is 0 Å². The van der Waals surface area contributed by atoms with Crippen LogP contribution in [0.3, 0.4) is 0 Å². The minimum Gasteiger partial charge on any atom is -0.454 e. The zero-order valence-electron chi connectivity index (χ0n) is 7.92. The fourth-order valence-electron chi connectivity index (χ4n) is 1.99. The fourth-order valence-corrected chi connectivity index (χ4v) is 2.29. The average molecular weight is 260 g/mol. The largest absolute Gasteiger partial charge is 0.454 e. The quantitative estimate of drug-likeness (QED) is 0.850. The highest BCUT2D eigenvalue weighted by Crippen LogP contribution is 2.35. The van der Waals surface area contributed by atoms with Gasteiger partial charge >= 0.3 is 0 Å². The molecule has 1 saturated heterocycles. The molecular weight excluding hydrogens is 246 g/mol. The first kappa shape index (κ1) is 10.2. The molecule has 14 heavy (non-hydrogen) atoms. The SMILES string of the molecule is OCC1(c2ccc(Br)o2)CCNCC1.